The highest BCUT2D eigenvalue weighted by molar-refractivity contribution is 5.93. The first kappa shape index (κ1) is 11.0. The number of urea groups is 1. The summed E-state index contributed by atoms with van der Waals surface area (Å²) in [6.45, 7) is 2.13. The fraction of sp³-hybridized carbons (Fsp3) is 0.375. The van der Waals surface area contributed by atoms with Crippen LogP contribution < -0.4 is 16.7 Å². The molecule has 3 amide bonds. The number of imide groups is 1. The molecular formula is C8H12N4O3. The van der Waals surface area contributed by atoms with Crippen molar-refractivity contribution >= 4 is 11.9 Å². The van der Waals surface area contributed by atoms with Crippen LogP contribution in [0.4, 0.5) is 4.79 Å². The van der Waals surface area contributed by atoms with Crippen LogP contribution in [0.3, 0.4) is 0 Å². The number of nitrogens with zero attached hydrogens (tertiary/aromatic N) is 2. The van der Waals surface area contributed by atoms with Crippen molar-refractivity contribution in [2.45, 2.75) is 20.0 Å². The Morgan fingerprint density at radius 2 is 2.00 bits per heavy atom. The van der Waals surface area contributed by atoms with Gasteiger partial charge >= 0.3 is 11.7 Å². The van der Waals surface area contributed by atoms with Crippen LogP contribution in [0.5, 0.6) is 0 Å². The van der Waals surface area contributed by atoms with E-state index in [1.54, 1.807) is 6.20 Å². The zero-order valence-electron chi connectivity index (χ0n) is 8.27. The first-order valence-corrected chi connectivity index (χ1v) is 4.39. The number of aryl methyl sites for hydroxylation is 1. The fourth-order valence-corrected chi connectivity index (χ4v) is 1.15. The summed E-state index contributed by atoms with van der Waals surface area (Å²) in [6.07, 6.45) is 3.05. The lowest BCUT2D eigenvalue weighted by Gasteiger charge is -2.00. The number of nitrogens with two attached hydrogens (primary N) is 1. The normalized spacial score (nSPS) is 9.93. The Morgan fingerprint density at radius 1 is 1.40 bits per heavy atom. The fourth-order valence-electron chi connectivity index (χ4n) is 1.15. The van der Waals surface area contributed by atoms with Crippen LogP contribution in [-0.2, 0) is 17.9 Å². The average Bonchev–Trinajstić information content (AvgIpc) is 2.46. The number of amides is 3. The third kappa shape index (κ3) is 2.70. The lowest BCUT2D eigenvalue weighted by atomic mass is 10.6. The van der Waals surface area contributed by atoms with E-state index in [0.717, 1.165) is 0 Å². The summed E-state index contributed by atoms with van der Waals surface area (Å²) in [5.41, 5.74) is 4.46. The molecule has 0 fully saturated rings. The van der Waals surface area contributed by atoms with Crippen LogP contribution in [0.15, 0.2) is 17.2 Å². The summed E-state index contributed by atoms with van der Waals surface area (Å²) < 4.78 is 2.64. The van der Waals surface area contributed by atoms with Gasteiger partial charge < -0.3 is 5.73 Å². The molecule has 82 valence electrons. The molecule has 0 saturated carbocycles. The molecule has 0 radical (unpaired) electrons. The highest BCUT2D eigenvalue weighted by Gasteiger charge is 2.08. The molecule has 1 aromatic heterocycles. The van der Waals surface area contributed by atoms with Crippen molar-refractivity contribution < 1.29 is 9.59 Å². The summed E-state index contributed by atoms with van der Waals surface area (Å²) in [6, 6.07) is -0.928. The molecule has 1 heterocycles. The summed E-state index contributed by atoms with van der Waals surface area (Å²) >= 11 is 0. The van der Waals surface area contributed by atoms with Gasteiger partial charge in [0, 0.05) is 18.9 Å². The van der Waals surface area contributed by atoms with Crippen molar-refractivity contribution in [2.75, 3.05) is 0 Å². The molecule has 0 atom stereocenters. The number of rotatable bonds is 3. The third-order valence-corrected chi connectivity index (χ3v) is 1.84. The Labute approximate surface area is 85.5 Å². The van der Waals surface area contributed by atoms with E-state index in [2.05, 4.69) is 0 Å². The molecule has 0 aromatic carbocycles. The standard InChI is InChI=1S/C8H12N4O3/c1-2-11-3-4-12(8(11)15)5-6(13)10-7(9)14/h3-4H,2,5H2,1H3,(H3,9,10,13,14). The molecule has 7 nitrogen and oxygen atoms in total. The van der Waals surface area contributed by atoms with Gasteiger partial charge in [-0.2, -0.15) is 0 Å². The molecule has 0 spiro atoms. The number of primary amides is 1. The Morgan fingerprint density at radius 3 is 2.47 bits per heavy atom. The minimum Gasteiger partial charge on any atom is -0.351 e. The monoisotopic (exact) mass is 212 g/mol. The van der Waals surface area contributed by atoms with Crippen molar-refractivity contribution in [3.05, 3.63) is 22.9 Å². The number of hydrogen-bond acceptors (Lipinski definition) is 3. The van der Waals surface area contributed by atoms with Gasteiger partial charge in [-0.15, -0.1) is 0 Å². The first-order chi connectivity index (χ1) is 7.04. The highest BCUT2D eigenvalue weighted by atomic mass is 16.2. The van der Waals surface area contributed by atoms with E-state index in [9.17, 15) is 14.4 Å². The van der Waals surface area contributed by atoms with Gasteiger partial charge in [0.1, 0.15) is 6.54 Å². The zero-order chi connectivity index (χ0) is 11.4. The van der Waals surface area contributed by atoms with Crippen molar-refractivity contribution in [1.82, 2.24) is 14.5 Å². The number of nitrogens with one attached hydrogen (secondary N) is 1. The number of carbonyl (C=O) groups excluding carboxylic acids is 2. The second-order valence-electron chi connectivity index (χ2n) is 2.91. The van der Waals surface area contributed by atoms with Gasteiger partial charge in [0.25, 0.3) is 0 Å². The maximum atomic E-state index is 11.5. The zero-order valence-corrected chi connectivity index (χ0v) is 8.27. The van der Waals surface area contributed by atoms with Crippen LogP contribution in [0, 0.1) is 0 Å². The molecule has 15 heavy (non-hydrogen) atoms. The predicted molar refractivity (Wildman–Crippen MR) is 52.1 cm³/mol. The number of imidazole rings is 1. The van der Waals surface area contributed by atoms with E-state index < -0.39 is 11.9 Å². The van der Waals surface area contributed by atoms with Crippen molar-refractivity contribution in [2.24, 2.45) is 5.73 Å². The molecule has 0 aliphatic carbocycles. The van der Waals surface area contributed by atoms with E-state index in [1.165, 1.54) is 15.3 Å². The van der Waals surface area contributed by atoms with E-state index >= 15 is 0 Å². The third-order valence-electron chi connectivity index (χ3n) is 1.84. The van der Waals surface area contributed by atoms with Gasteiger partial charge in [-0.25, -0.2) is 9.59 Å². The minimum absolute atomic E-state index is 0.214. The second-order valence-corrected chi connectivity index (χ2v) is 2.91. The lowest BCUT2D eigenvalue weighted by Crippen LogP contribution is -2.39. The molecule has 0 aliphatic rings. The summed E-state index contributed by atoms with van der Waals surface area (Å²) in [5, 5.41) is 1.88. The Balaban J connectivity index is 2.73. The number of carbonyl (C=O) groups is 2. The Kier molecular flexibility index (Phi) is 3.27. The van der Waals surface area contributed by atoms with Crippen LogP contribution in [0.1, 0.15) is 6.92 Å². The molecule has 7 heteroatoms. The highest BCUT2D eigenvalue weighted by Crippen LogP contribution is 1.85. The van der Waals surface area contributed by atoms with Gasteiger partial charge in [-0.1, -0.05) is 0 Å². The van der Waals surface area contributed by atoms with E-state index in [1.807, 2.05) is 12.2 Å². The van der Waals surface area contributed by atoms with Gasteiger partial charge in [0.05, 0.1) is 0 Å². The minimum atomic E-state index is -0.928. The average molecular weight is 212 g/mol. The SMILES string of the molecule is CCn1ccn(CC(=O)NC(N)=O)c1=O. The maximum absolute atomic E-state index is 11.5. The molecule has 0 aliphatic heterocycles. The van der Waals surface area contributed by atoms with Crippen molar-refractivity contribution in [1.29, 1.82) is 0 Å². The van der Waals surface area contributed by atoms with Gasteiger partial charge in [-0.3, -0.25) is 19.2 Å². The van der Waals surface area contributed by atoms with Gasteiger partial charge in [0.15, 0.2) is 0 Å². The van der Waals surface area contributed by atoms with Gasteiger partial charge in [-0.05, 0) is 6.92 Å². The summed E-state index contributed by atoms with van der Waals surface area (Å²) in [7, 11) is 0. The topological polar surface area (TPSA) is 99.1 Å². The summed E-state index contributed by atoms with van der Waals surface area (Å²) in [5.74, 6) is -0.613. The van der Waals surface area contributed by atoms with Crippen LogP contribution in [-0.4, -0.2) is 21.1 Å². The van der Waals surface area contributed by atoms with Crippen molar-refractivity contribution in [3.63, 3.8) is 0 Å². The molecule has 0 unspecified atom stereocenters. The van der Waals surface area contributed by atoms with Gasteiger partial charge in [0.2, 0.25) is 5.91 Å². The molecule has 3 N–H and O–H groups in total. The molecular weight excluding hydrogens is 200 g/mol. The molecule has 1 aromatic rings. The Bertz CT molecular complexity index is 431. The quantitative estimate of drug-likeness (QED) is 0.662. The van der Waals surface area contributed by atoms with Crippen LogP contribution in [0.2, 0.25) is 0 Å². The summed E-state index contributed by atoms with van der Waals surface area (Å²) in [4.78, 5) is 32.9. The smallest absolute Gasteiger partial charge is 0.328 e. The number of aromatic nitrogens is 2. The van der Waals surface area contributed by atoms with Crippen LogP contribution in [0.25, 0.3) is 0 Å². The first-order valence-electron chi connectivity index (χ1n) is 4.39. The van der Waals surface area contributed by atoms with E-state index in [0.29, 0.717) is 6.54 Å². The van der Waals surface area contributed by atoms with Crippen molar-refractivity contribution in [3.8, 4) is 0 Å². The molecule has 0 saturated heterocycles. The molecule has 1 rings (SSSR count). The predicted octanol–water partition coefficient (Wildman–Crippen LogP) is -1.14. The van der Waals surface area contributed by atoms with E-state index in [4.69, 9.17) is 5.73 Å². The number of hydrogen-bond donors (Lipinski definition) is 2. The van der Waals surface area contributed by atoms with E-state index in [-0.39, 0.29) is 12.2 Å². The molecule has 0 bridgehead atoms. The second kappa shape index (κ2) is 4.45. The Hall–Kier alpha value is -2.05. The maximum Gasteiger partial charge on any atom is 0.328 e. The van der Waals surface area contributed by atoms with Crippen LogP contribution >= 0.6 is 0 Å². The lowest BCUT2D eigenvalue weighted by molar-refractivity contribution is -0.120. The largest absolute Gasteiger partial charge is 0.351 e.